The van der Waals surface area contributed by atoms with Gasteiger partial charge in [-0.2, -0.15) is 0 Å². The normalized spacial score (nSPS) is 9.56. The molecule has 1 aromatic rings. The third-order valence-electron chi connectivity index (χ3n) is 1.19. The fraction of sp³-hybridized carbons (Fsp3) is 0.143. The number of rotatable bonds is 0. The number of aryl methyl sites for hydroxylation is 1. The van der Waals surface area contributed by atoms with Crippen LogP contribution < -0.4 is 5.73 Å². The molecular weight excluding hydrogens is 117 g/mol. The van der Waals surface area contributed by atoms with Crippen molar-refractivity contribution in [1.82, 2.24) is 5.73 Å². The summed E-state index contributed by atoms with van der Waals surface area (Å²) >= 11 is 0. The van der Waals surface area contributed by atoms with Crippen LogP contribution in [0.1, 0.15) is 5.56 Å². The van der Waals surface area contributed by atoms with Gasteiger partial charge < -0.3 is 5.73 Å². The zero-order valence-corrected chi connectivity index (χ0v) is 5.11. The Hall–Kier alpha value is -1.05. The monoisotopic (exact) mass is 124 g/mol. The van der Waals surface area contributed by atoms with E-state index in [0.29, 0.717) is 11.3 Å². The van der Waals surface area contributed by atoms with Crippen molar-refractivity contribution in [2.24, 2.45) is 0 Å². The van der Waals surface area contributed by atoms with Crippen molar-refractivity contribution in [2.75, 3.05) is 0 Å². The maximum absolute atomic E-state index is 12.3. The summed E-state index contributed by atoms with van der Waals surface area (Å²) in [4.78, 5) is 0. The van der Waals surface area contributed by atoms with Crippen molar-refractivity contribution in [3.05, 3.63) is 29.6 Å². The Morgan fingerprint density at radius 1 is 1.44 bits per heavy atom. The molecule has 0 saturated carbocycles. The van der Waals surface area contributed by atoms with E-state index in [1.54, 1.807) is 6.92 Å². The molecule has 47 valence electrons. The van der Waals surface area contributed by atoms with Crippen LogP contribution in [0.2, 0.25) is 0 Å². The number of hydrogen-bond donors (Lipinski definition) is 0. The Kier molecular flexibility index (Phi) is 1.39. The van der Waals surface area contributed by atoms with E-state index in [1.165, 1.54) is 18.2 Å². The molecule has 0 unspecified atom stereocenters. The summed E-state index contributed by atoms with van der Waals surface area (Å²) in [7, 11) is 0. The molecule has 0 saturated heterocycles. The summed E-state index contributed by atoms with van der Waals surface area (Å²) in [5.41, 5.74) is 8.21. The van der Waals surface area contributed by atoms with Gasteiger partial charge in [0.25, 0.3) is 0 Å². The van der Waals surface area contributed by atoms with Crippen molar-refractivity contribution in [2.45, 2.75) is 6.92 Å². The van der Waals surface area contributed by atoms with Crippen LogP contribution in [-0.2, 0) is 0 Å². The molecule has 0 aliphatic rings. The van der Waals surface area contributed by atoms with Gasteiger partial charge in [0.1, 0.15) is 5.82 Å². The number of benzene rings is 1. The summed E-state index contributed by atoms with van der Waals surface area (Å²) in [5.74, 6) is -0.275. The third-order valence-corrected chi connectivity index (χ3v) is 1.19. The molecule has 0 amide bonds. The minimum Gasteiger partial charge on any atom is -0.301 e. The number of nitrogens with one attached hydrogen (secondary N) is 1. The summed E-state index contributed by atoms with van der Waals surface area (Å²) in [5, 5.41) is 0. The van der Waals surface area contributed by atoms with Crippen LogP contribution in [-0.4, -0.2) is 0 Å². The van der Waals surface area contributed by atoms with E-state index in [4.69, 9.17) is 5.73 Å². The zero-order chi connectivity index (χ0) is 6.85. The van der Waals surface area contributed by atoms with E-state index in [2.05, 4.69) is 0 Å². The van der Waals surface area contributed by atoms with Gasteiger partial charge in [0.2, 0.25) is 0 Å². The fourth-order valence-corrected chi connectivity index (χ4v) is 0.627. The van der Waals surface area contributed by atoms with Crippen LogP contribution in [0.15, 0.2) is 18.2 Å². The molecule has 0 fully saturated rings. The molecule has 9 heavy (non-hydrogen) atoms. The fourth-order valence-electron chi connectivity index (χ4n) is 0.627. The quantitative estimate of drug-likeness (QED) is 0.505. The van der Waals surface area contributed by atoms with Gasteiger partial charge in [-0.05, 0) is 30.7 Å². The second-order valence-electron chi connectivity index (χ2n) is 1.96. The molecule has 2 heteroatoms. The molecule has 1 rings (SSSR count). The molecule has 0 aromatic heterocycles. The van der Waals surface area contributed by atoms with Gasteiger partial charge in [-0.3, -0.25) is 0 Å². The highest BCUT2D eigenvalue weighted by Gasteiger charge is 1.93. The lowest BCUT2D eigenvalue weighted by Crippen LogP contribution is -1.78. The Labute approximate surface area is 53.3 Å². The Morgan fingerprint density at radius 3 is 2.56 bits per heavy atom. The van der Waals surface area contributed by atoms with Gasteiger partial charge in [-0.25, -0.2) is 4.39 Å². The highest BCUT2D eigenvalue weighted by Crippen LogP contribution is 2.12. The molecule has 0 aliphatic carbocycles. The highest BCUT2D eigenvalue weighted by molar-refractivity contribution is 5.41. The van der Waals surface area contributed by atoms with E-state index in [9.17, 15) is 4.39 Å². The van der Waals surface area contributed by atoms with Crippen LogP contribution in [0.3, 0.4) is 0 Å². The number of halogens is 1. The first-order chi connectivity index (χ1) is 4.20. The van der Waals surface area contributed by atoms with Crippen LogP contribution >= 0.6 is 0 Å². The van der Waals surface area contributed by atoms with Crippen LogP contribution in [0.4, 0.5) is 10.1 Å². The van der Waals surface area contributed by atoms with Crippen molar-refractivity contribution in [3.63, 3.8) is 0 Å². The average molecular weight is 124 g/mol. The van der Waals surface area contributed by atoms with Gasteiger partial charge in [0.05, 0.1) is 5.69 Å². The number of hydrogen-bond acceptors (Lipinski definition) is 0. The highest BCUT2D eigenvalue weighted by atomic mass is 19.1. The summed E-state index contributed by atoms with van der Waals surface area (Å²) in [6.07, 6.45) is 0. The van der Waals surface area contributed by atoms with Crippen molar-refractivity contribution >= 4 is 5.69 Å². The smallest absolute Gasteiger partial charge is 0.123 e. The van der Waals surface area contributed by atoms with Crippen LogP contribution in [0.5, 0.6) is 0 Å². The standard InChI is InChI=1S/C7H7FN/c1-5-4-6(8)2-3-7(5)9/h2-4,9H,1H3. The van der Waals surface area contributed by atoms with E-state index >= 15 is 0 Å². The molecule has 0 heterocycles. The third kappa shape index (κ3) is 1.19. The molecule has 0 aliphatic heterocycles. The maximum Gasteiger partial charge on any atom is 0.123 e. The van der Waals surface area contributed by atoms with Gasteiger partial charge in [0.15, 0.2) is 0 Å². The Morgan fingerprint density at radius 2 is 2.11 bits per heavy atom. The largest absolute Gasteiger partial charge is 0.301 e. The minimum atomic E-state index is -0.275. The average Bonchev–Trinajstić information content (AvgIpc) is 1.80. The summed E-state index contributed by atoms with van der Waals surface area (Å²) in [6, 6.07) is 4.09. The molecule has 1 radical (unpaired) electrons. The molecule has 1 N–H and O–H groups in total. The molecule has 0 spiro atoms. The first kappa shape index (κ1) is 6.08. The molecular formula is C7H7FN. The zero-order valence-electron chi connectivity index (χ0n) is 5.11. The predicted octanol–water partition coefficient (Wildman–Crippen LogP) is 2.05. The second kappa shape index (κ2) is 2.05. The van der Waals surface area contributed by atoms with Crippen molar-refractivity contribution in [1.29, 1.82) is 0 Å². The first-order valence-electron chi connectivity index (χ1n) is 2.68. The SMILES string of the molecule is Cc1cc(F)ccc1[NH]. The van der Waals surface area contributed by atoms with Crippen LogP contribution in [0.25, 0.3) is 0 Å². The van der Waals surface area contributed by atoms with E-state index in [1.807, 2.05) is 0 Å². The van der Waals surface area contributed by atoms with Gasteiger partial charge in [-0.15, -0.1) is 0 Å². The topological polar surface area (TPSA) is 23.8 Å². The van der Waals surface area contributed by atoms with Gasteiger partial charge in [0, 0.05) is 0 Å². The Bertz CT molecular complexity index is 220. The molecule has 0 atom stereocenters. The van der Waals surface area contributed by atoms with E-state index in [-0.39, 0.29) is 5.82 Å². The van der Waals surface area contributed by atoms with E-state index in [0.717, 1.165) is 0 Å². The summed E-state index contributed by atoms with van der Waals surface area (Å²) in [6.45, 7) is 1.71. The lowest BCUT2D eigenvalue weighted by atomic mass is 10.2. The molecule has 1 nitrogen and oxygen atoms in total. The van der Waals surface area contributed by atoms with E-state index < -0.39 is 0 Å². The Balaban J connectivity index is 3.17. The molecule has 1 aromatic carbocycles. The lowest BCUT2D eigenvalue weighted by Gasteiger charge is -1.94. The first-order valence-corrected chi connectivity index (χ1v) is 2.68. The lowest BCUT2D eigenvalue weighted by molar-refractivity contribution is 0.626. The predicted molar refractivity (Wildman–Crippen MR) is 33.9 cm³/mol. The summed E-state index contributed by atoms with van der Waals surface area (Å²) < 4.78 is 12.3. The van der Waals surface area contributed by atoms with Crippen molar-refractivity contribution < 1.29 is 4.39 Å². The maximum atomic E-state index is 12.3. The minimum absolute atomic E-state index is 0.275. The molecule has 0 bridgehead atoms. The van der Waals surface area contributed by atoms with Crippen LogP contribution in [0, 0.1) is 12.7 Å². The van der Waals surface area contributed by atoms with Crippen molar-refractivity contribution in [3.8, 4) is 0 Å². The van der Waals surface area contributed by atoms with Gasteiger partial charge >= 0.3 is 0 Å². The van der Waals surface area contributed by atoms with Gasteiger partial charge in [-0.1, -0.05) is 0 Å². The second-order valence-corrected chi connectivity index (χ2v) is 1.96.